The van der Waals surface area contributed by atoms with Crippen molar-refractivity contribution in [3.05, 3.63) is 17.2 Å². The maximum atomic E-state index is 11.4. The zero-order valence-electron chi connectivity index (χ0n) is 7.74. The molecule has 1 aromatic heterocycles. The predicted molar refractivity (Wildman–Crippen MR) is 46.0 cm³/mol. The number of imidazole rings is 1. The Morgan fingerprint density at radius 1 is 1.57 bits per heavy atom. The minimum absolute atomic E-state index is 0.425. The summed E-state index contributed by atoms with van der Waals surface area (Å²) in [4.78, 5) is 26.2. The Labute approximate surface area is 79.6 Å². The van der Waals surface area contributed by atoms with Gasteiger partial charge < -0.3 is 10.4 Å². The zero-order chi connectivity index (χ0) is 10.5. The van der Waals surface area contributed by atoms with Gasteiger partial charge in [0.2, 0.25) is 0 Å². The summed E-state index contributed by atoms with van der Waals surface area (Å²) in [7, 11) is 0. The van der Waals surface area contributed by atoms with Crippen LogP contribution in [0.2, 0.25) is 0 Å². The van der Waals surface area contributed by atoms with Gasteiger partial charge in [-0.3, -0.25) is 0 Å². The molecule has 1 aromatic rings. The average Bonchev–Trinajstić information content (AvgIpc) is 2.54. The Kier molecular flexibility index (Phi) is 1.60. The van der Waals surface area contributed by atoms with Crippen LogP contribution in [-0.4, -0.2) is 26.7 Å². The number of rotatable bonds is 1. The van der Waals surface area contributed by atoms with Crippen LogP contribution in [0.3, 0.4) is 0 Å². The smallest absolute Gasteiger partial charge is 0.332 e. The minimum atomic E-state index is -1.07. The zero-order valence-corrected chi connectivity index (χ0v) is 7.74. The van der Waals surface area contributed by atoms with Crippen LogP contribution in [0, 0.1) is 13.8 Å². The van der Waals surface area contributed by atoms with Crippen LogP contribution in [0.5, 0.6) is 0 Å². The van der Waals surface area contributed by atoms with Crippen LogP contribution < -0.4 is 5.32 Å². The molecule has 0 spiro atoms. The Hall–Kier alpha value is -1.85. The van der Waals surface area contributed by atoms with Crippen LogP contribution in [0.4, 0.5) is 4.79 Å². The molecule has 6 nitrogen and oxygen atoms in total. The van der Waals surface area contributed by atoms with Crippen LogP contribution in [0.25, 0.3) is 0 Å². The van der Waals surface area contributed by atoms with Gasteiger partial charge in [0.25, 0.3) is 0 Å². The summed E-state index contributed by atoms with van der Waals surface area (Å²) in [6.07, 6.45) is 0. The van der Waals surface area contributed by atoms with Crippen molar-refractivity contribution in [1.29, 1.82) is 0 Å². The van der Waals surface area contributed by atoms with Crippen LogP contribution in [-0.2, 0) is 4.79 Å². The average molecular weight is 195 g/mol. The Balaban J connectivity index is 2.63. The number of carboxylic acids is 1. The first-order valence-corrected chi connectivity index (χ1v) is 4.12. The fourth-order valence-electron chi connectivity index (χ4n) is 1.72. The van der Waals surface area contributed by atoms with E-state index in [-0.39, 0.29) is 0 Å². The first-order chi connectivity index (χ1) is 6.52. The number of carbonyl (C=O) groups is 2. The minimum Gasteiger partial charge on any atom is -0.479 e. The first-order valence-electron chi connectivity index (χ1n) is 4.12. The predicted octanol–water partition coefficient (Wildman–Crippen LogP) is 0.197. The number of nitrogens with one attached hydrogen (secondary N) is 1. The largest absolute Gasteiger partial charge is 0.479 e. The molecule has 2 N–H and O–H groups in total. The molecule has 2 heterocycles. The third-order valence-electron chi connectivity index (χ3n) is 2.26. The summed E-state index contributed by atoms with van der Waals surface area (Å²) < 4.78 is 1.30. The van der Waals surface area contributed by atoms with E-state index in [4.69, 9.17) is 5.11 Å². The molecular weight excluding hydrogens is 186 g/mol. The van der Waals surface area contributed by atoms with Gasteiger partial charge in [0.15, 0.2) is 6.04 Å². The Morgan fingerprint density at radius 3 is 2.79 bits per heavy atom. The molecule has 1 atom stereocenters. The van der Waals surface area contributed by atoms with Crippen molar-refractivity contribution in [3.63, 3.8) is 0 Å². The van der Waals surface area contributed by atoms with E-state index in [1.165, 1.54) is 4.57 Å². The van der Waals surface area contributed by atoms with Crippen LogP contribution in [0.1, 0.15) is 23.3 Å². The summed E-state index contributed by atoms with van der Waals surface area (Å²) in [5.41, 5.74) is 1.01. The number of aromatic nitrogens is 2. The van der Waals surface area contributed by atoms with Crippen molar-refractivity contribution in [1.82, 2.24) is 14.9 Å². The number of nitrogens with zero attached hydrogens (tertiary/aromatic N) is 2. The van der Waals surface area contributed by atoms with E-state index in [0.29, 0.717) is 17.2 Å². The van der Waals surface area contributed by atoms with E-state index in [9.17, 15) is 9.59 Å². The molecule has 2 rings (SSSR count). The number of aliphatic carboxylic acids is 1. The van der Waals surface area contributed by atoms with Crippen LogP contribution in [0.15, 0.2) is 0 Å². The van der Waals surface area contributed by atoms with Gasteiger partial charge in [0, 0.05) is 0 Å². The van der Waals surface area contributed by atoms with Crippen molar-refractivity contribution in [2.75, 3.05) is 0 Å². The fourth-order valence-corrected chi connectivity index (χ4v) is 1.72. The third-order valence-corrected chi connectivity index (χ3v) is 2.26. The molecule has 1 aliphatic rings. The van der Waals surface area contributed by atoms with Crippen molar-refractivity contribution in [2.45, 2.75) is 19.9 Å². The molecule has 0 aromatic carbocycles. The molecule has 6 heteroatoms. The van der Waals surface area contributed by atoms with Crippen molar-refractivity contribution in [2.24, 2.45) is 0 Å². The molecule has 1 amide bonds. The fraction of sp³-hybridized carbons (Fsp3) is 0.375. The summed E-state index contributed by atoms with van der Waals surface area (Å²) in [6.45, 7) is 3.36. The van der Waals surface area contributed by atoms with E-state index >= 15 is 0 Å². The van der Waals surface area contributed by atoms with E-state index in [0.717, 1.165) is 0 Å². The van der Waals surface area contributed by atoms with Crippen molar-refractivity contribution < 1.29 is 14.7 Å². The normalized spacial score (nSPS) is 19.3. The standard InChI is InChI=1S/C8H9N3O3/c1-3-6-5(7(12)13)10-8(14)11(6)4(2)9-3/h5H,1-2H3,(H,10,14)(H,12,13). The number of hydrogen-bond donors (Lipinski definition) is 2. The van der Waals surface area contributed by atoms with E-state index in [1.807, 2.05) is 0 Å². The number of carboxylic acid groups (broad SMARTS) is 1. The summed E-state index contributed by atoms with van der Waals surface area (Å²) in [6, 6.07) is -1.39. The summed E-state index contributed by atoms with van der Waals surface area (Å²) in [5, 5.41) is 11.2. The molecule has 0 radical (unpaired) electrons. The first kappa shape index (κ1) is 8.74. The number of amides is 1. The molecule has 1 aliphatic heterocycles. The highest BCUT2D eigenvalue weighted by molar-refractivity contribution is 5.90. The molecule has 74 valence electrons. The lowest BCUT2D eigenvalue weighted by Crippen LogP contribution is -2.27. The van der Waals surface area contributed by atoms with Gasteiger partial charge in [-0.2, -0.15) is 0 Å². The topological polar surface area (TPSA) is 84.2 Å². The Bertz CT molecular complexity index is 435. The van der Waals surface area contributed by atoms with E-state index in [2.05, 4.69) is 10.3 Å². The lowest BCUT2D eigenvalue weighted by molar-refractivity contribution is -0.139. The van der Waals surface area contributed by atoms with Gasteiger partial charge in [-0.05, 0) is 13.8 Å². The van der Waals surface area contributed by atoms with E-state index in [1.54, 1.807) is 13.8 Å². The van der Waals surface area contributed by atoms with Gasteiger partial charge in [0.1, 0.15) is 5.82 Å². The monoisotopic (exact) mass is 195 g/mol. The van der Waals surface area contributed by atoms with Gasteiger partial charge in [-0.15, -0.1) is 0 Å². The summed E-state index contributed by atoms with van der Waals surface area (Å²) >= 11 is 0. The second-order valence-corrected chi connectivity index (χ2v) is 3.19. The molecule has 0 saturated carbocycles. The quantitative estimate of drug-likeness (QED) is 0.670. The maximum absolute atomic E-state index is 11.4. The second kappa shape index (κ2) is 2.57. The number of hydrogen-bond acceptors (Lipinski definition) is 3. The van der Waals surface area contributed by atoms with Crippen molar-refractivity contribution >= 4 is 12.0 Å². The van der Waals surface area contributed by atoms with Gasteiger partial charge in [-0.25, -0.2) is 19.1 Å². The molecule has 0 aliphatic carbocycles. The van der Waals surface area contributed by atoms with Crippen LogP contribution >= 0.6 is 0 Å². The molecule has 1 unspecified atom stereocenters. The molecule has 0 fully saturated rings. The Morgan fingerprint density at radius 2 is 2.21 bits per heavy atom. The molecule has 14 heavy (non-hydrogen) atoms. The molecule has 0 saturated heterocycles. The second-order valence-electron chi connectivity index (χ2n) is 3.19. The highest BCUT2D eigenvalue weighted by atomic mass is 16.4. The van der Waals surface area contributed by atoms with E-state index < -0.39 is 18.0 Å². The van der Waals surface area contributed by atoms with Gasteiger partial charge in [0.05, 0.1) is 11.4 Å². The highest BCUT2D eigenvalue weighted by Crippen LogP contribution is 2.24. The lowest BCUT2D eigenvalue weighted by Gasteiger charge is -2.02. The lowest BCUT2D eigenvalue weighted by atomic mass is 10.2. The van der Waals surface area contributed by atoms with Crippen molar-refractivity contribution in [3.8, 4) is 0 Å². The number of carbonyl (C=O) groups excluding carboxylic acids is 1. The maximum Gasteiger partial charge on any atom is 0.332 e. The molecular formula is C8H9N3O3. The highest BCUT2D eigenvalue weighted by Gasteiger charge is 2.37. The number of aryl methyl sites for hydroxylation is 2. The molecule has 0 bridgehead atoms. The SMILES string of the molecule is Cc1nc(C)n2c1C(C(=O)O)NC2=O. The van der Waals surface area contributed by atoms with Gasteiger partial charge >= 0.3 is 12.0 Å². The van der Waals surface area contributed by atoms with Gasteiger partial charge in [-0.1, -0.05) is 0 Å². The summed E-state index contributed by atoms with van der Waals surface area (Å²) in [5.74, 6) is -0.557. The number of fused-ring (bicyclic) bond motifs is 1. The third kappa shape index (κ3) is 0.935.